The molecule has 30 heavy (non-hydrogen) atoms. The third-order valence-corrected chi connectivity index (χ3v) is 5.71. The molecule has 164 valence electrons. The average Bonchev–Trinajstić information content (AvgIpc) is 3.18. The van der Waals surface area contributed by atoms with Gasteiger partial charge in [0.15, 0.2) is 5.96 Å². The average molecular weight is 414 g/mol. The molecule has 0 radical (unpaired) electrons. The number of likely N-dealkylation sites (tertiary alicyclic amines) is 1. The lowest BCUT2D eigenvalue weighted by Gasteiger charge is -2.29. The minimum atomic E-state index is -0.121. The van der Waals surface area contributed by atoms with Gasteiger partial charge in [-0.15, -0.1) is 0 Å². The molecule has 3 rings (SSSR count). The van der Waals surface area contributed by atoms with Crippen LogP contribution in [0.3, 0.4) is 0 Å². The highest BCUT2D eigenvalue weighted by Gasteiger charge is 2.17. The quantitative estimate of drug-likeness (QED) is 0.456. The van der Waals surface area contributed by atoms with Crippen molar-refractivity contribution in [3.63, 3.8) is 0 Å². The van der Waals surface area contributed by atoms with Crippen LogP contribution < -0.4 is 10.6 Å². The van der Waals surface area contributed by atoms with Crippen molar-refractivity contribution in [2.45, 2.75) is 65.3 Å². The Bertz CT molecular complexity index is 786. The number of aryl methyl sites for hydroxylation is 2. The number of hydrogen-bond donors (Lipinski definition) is 3. The van der Waals surface area contributed by atoms with Crippen LogP contribution in [-0.4, -0.2) is 47.4 Å². The van der Waals surface area contributed by atoms with Crippen LogP contribution in [0.15, 0.2) is 33.8 Å². The smallest absolute Gasteiger partial charge is 0.191 e. The number of rotatable bonds is 8. The fraction of sp³-hybridized carbons (Fsp3) is 0.565. The van der Waals surface area contributed by atoms with E-state index in [0.29, 0.717) is 13.1 Å². The minimum Gasteiger partial charge on any atom is -0.393 e. The van der Waals surface area contributed by atoms with Crippen LogP contribution in [0, 0.1) is 0 Å². The first kappa shape index (κ1) is 22.3. The highest BCUT2D eigenvalue weighted by Crippen LogP contribution is 2.16. The topological polar surface area (TPSA) is 85.9 Å². The second kappa shape index (κ2) is 11.1. The molecule has 1 saturated heterocycles. The molecule has 7 nitrogen and oxygen atoms in total. The lowest BCUT2D eigenvalue weighted by molar-refractivity contribution is 0.0792. The molecular formula is C23H35N5O2. The van der Waals surface area contributed by atoms with E-state index in [9.17, 15) is 5.11 Å². The van der Waals surface area contributed by atoms with Crippen molar-refractivity contribution in [3.8, 4) is 0 Å². The molecule has 0 bridgehead atoms. The maximum Gasteiger partial charge on any atom is 0.191 e. The largest absolute Gasteiger partial charge is 0.393 e. The Balaban J connectivity index is 1.47. The number of aliphatic hydroxyl groups is 1. The summed E-state index contributed by atoms with van der Waals surface area (Å²) in [5.41, 5.74) is 4.67. The van der Waals surface area contributed by atoms with Gasteiger partial charge in [-0.2, -0.15) is 0 Å². The first-order valence-corrected chi connectivity index (χ1v) is 11.0. The minimum absolute atomic E-state index is 0.121. The van der Waals surface area contributed by atoms with E-state index in [1.54, 1.807) is 7.05 Å². The van der Waals surface area contributed by atoms with Crippen molar-refractivity contribution in [2.24, 2.45) is 4.99 Å². The molecule has 0 unspecified atom stereocenters. The third-order valence-electron chi connectivity index (χ3n) is 5.71. The zero-order valence-corrected chi connectivity index (χ0v) is 18.4. The summed E-state index contributed by atoms with van der Waals surface area (Å²) in [7, 11) is 1.78. The van der Waals surface area contributed by atoms with Crippen LogP contribution in [-0.2, 0) is 32.5 Å². The summed E-state index contributed by atoms with van der Waals surface area (Å²) in [6.45, 7) is 8.42. The fourth-order valence-corrected chi connectivity index (χ4v) is 3.81. The number of benzene rings is 1. The van der Waals surface area contributed by atoms with Crippen molar-refractivity contribution in [2.75, 3.05) is 20.1 Å². The van der Waals surface area contributed by atoms with Gasteiger partial charge in [-0.25, -0.2) is 0 Å². The van der Waals surface area contributed by atoms with Gasteiger partial charge >= 0.3 is 0 Å². The molecular weight excluding hydrogens is 378 g/mol. The highest BCUT2D eigenvalue weighted by molar-refractivity contribution is 5.79. The van der Waals surface area contributed by atoms with Gasteiger partial charge < -0.3 is 20.3 Å². The summed E-state index contributed by atoms with van der Waals surface area (Å²) in [6.07, 6.45) is 3.33. The van der Waals surface area contributed by atoms with Crippen LogP contribution in [0.5, 0.6) is 0 Å². The number of piperidine rings is 1. The first-order valence-electron chi connectivity index (χ1n) is 11.0. The Morgan fingerprint density at radius 3 is 2.40 bits per heavy atom. The van der Waals surface area contributed by atoms with Gasteiger partial charge in [-0.05, 0) is 30.4 Å². The van der Waals surface area contributed by atoms with Crippen molar-refractivity contribution >= 4 is 5.96 Å². The van der Waals surface area contributed by atoms with Crippen LogP contribution in [0.25, 0.3) is 0 Å². The number of aliphatic hydroxyl groups excluding tert-OH is 1. The summed E-state index contributed by atoms with van der Waals surface area (Å²) >= 11 is 0. The third kappa shape index (κ3) is 6.06. The summed E-state index contributed by atoms with van der Waals surface area (Å²) in [6, 6.07) is 8.71. The van der Waals surface area contributed by atoms with E-state index >= 15 is 0 Å². The molecule has 1 aliphatic rings. The Labute approximate surface area is 179 Å². The van der Waals surface area contributed by atoms with E-state index in [4.69, 9.17) is 4.52 Å². The molecule has 1 aliphatic heterocycles. The van der Waals surface area contributed by atoms with E-state index in [0.717, 1.165) is 68.3 Å². The van der Waals surface area contributed by atoms with Gasteiger partial charge in [0.1, 0.15) is 5.76 Å². The predicted octanol–water partition coefficient (Wildman–Crippen LogP) is 2.62. The first-order chi connectivity index (χ1) is 14.6. The Morgan fingerprint density at radius 1 is 1.10 bits per heavy atom. The van der Waals surface area contributed by atoms with Gasteiger partial charge in [0.2, 0.25) is 0 Å². The van der Waals surface area contributed by atoms with Crippen molar-refractivity contribution < 1.29 is 9.63 Å². The second-order valence-electron chi connectivity index (χ2n) is 7.84. The molecule has 1 aromatic carbocycles. The number of guanidine groups is 1. The maximum absolute atomic E-state index is 9.64. The predicted molar refractivity (Wildman–Crippen MR) is 119 cm³/mol. The molecule has 2 heterocycles. The van der Waals surface area contributed by atoms with E-state index in [1.165, 1.54) is 11.1 Å². The Kier molecular flexibility index (Phi) is 8.28. The van der Waals surface area contributed by atoms with Gasteiger partial charge in [-0.1, -0.05) is 43.3 Å². The number of nitrogens with zero attached hydrogens (tertiary/aromatic N) is 3. The lowest BCUT2D eigenvalue weighted by atomic mass is 10.1. The van der Waals surface area contributed by atoms with Gasteiger partial charge in [0.25, 0.3) is 0 Å². The van der Waals surface area contributed by atoms with Crippen molar-refractivity contribution in [3.05, 3.63) is 52.4 Å². The zero-order chi connectivity index (χ0) is 21.3. The monoisotopic (exact) mass is 413 g/mol. The maximum atomic E-state index is 9.64. The Hall–Kier alpha value is -2.38. The van der Waals surface area contributed by atoms with E-state index in [1.807, 2.05) is 0 Å². The van der Waals surface area contributed by atoms with Crippen LogP contribution in [0.4, 0.5) is 0 Å². The standard InChI is InChI=1S/C23H35N5O2/c1-4-21-20(22(5-2)30-27-21)15-26-23(24-3)25-14-17-6-8-18(9-7-17)16-28-12-10-19(29)11-13-28/h6-9,19,29H,4-5,10-16H2,1-3H3,(H2,24,25,26). The molecule has 1 aromatic heterocycles. The van der Waals surface area contributed by atoms with Crippen LogP contribution in [0.1, 0.15) is 54.8 Å². The van der Waals surface area contributed by atoms with Crippen molar-refractivity contribution in [1.29, 1.82) is 0 Å². The Morgan fingerprint density at radius 2 is 1.77 bits per heavy atom. The van der Waals surface area contributed by atoms with E-state index in [2.05, 4.69) is 63.8 Å². The summed E-state index contributed by atoms with van der Waals surface area (Å²) in [4.78, 5) is 6.74. The van der Waals surface area contributed by atoms with Crippen LogP contribution in [0.2, 0.25) is 0 Å². The summed E-state index contributed by atoms with van der Waals surface area (Å²) in [5.74, 6) is 1.70. The number of hydrogen-bond acceptors (Lipinski definition) is 5. The molecule has 0 saturated carbocycles. The summed E-state index contributed by atoms with van der Waals surface area (Å²) < 4.78 is 5.44. The molecule has 0 atom stereocenters. The van der Waals surface area contributed by atoms with Crippen LogP contribution >= 0.6 is 0 Å². The number of aromatic nitrogens is 1. The van der Waals surface area contributed by atoms with E-state index in [-0.39, 0.29) is 6.10 Å². The second-order valence-corrected chi connectivity index (χ2v) is 7.84. The molecule has 0 aliphatic carbocycles. The lowest BCUT2D eigenvalue weighted by Crippen LogP contribution is -2.36. The molecule has 7 heteroatoms. The normalized spacial score (nSPS) is 16.1. The molecule has 2 aromatic rings. The number of nitrogens with one attached hydrogen (secondary N) is 2. The number of aliphatic imine (C=N–C) groups is 1. The molecule has 0 amide bonds. The highest BCUT2D eigenvalue weighted by atomic mass is 16.5. The molecule has 1 fully saturated rings. The fourth-order valence-electron chi connectivity index (χ4n) is 3.81. The van der Waals surface area contributed by atoms with Crippen molar-refractivity contribution in [1.82, 2.24) is 20.7 Å². The molecule has 3 N–H and O–H groups in total. The summed E-state index contributed by atoms with van der Waals surface area (Å²) in [5, 5.41) is 20.6. The van der Waals surface area contributed by atoms with Gasteiger partial charge in [0, 0.05) is 51.8 Å². The SMILES string of the molecule is CCc1noc(CC)c1CNC(=NC)NCc1ccc(CN2CCC(O)CC2)cc1. The molecule has 0 spiro atoms. The van der Waals surface area contributed by atoms with Gasteiger partial charge in [-0.3, -0.25) is 9.89 Å². The van der Waals surface area contributed by atoms with Gasteiger partial charge in [0.05, 0.1) is 11.8 Å². The zero-order valence-electron chi connectivity index (χ0n) is 18.4. The van der Waals surface area contributed by atoms with E-state index < -0.39 is 0 Å².